The smallest absolute Gasteiger partial charge is 0.225 e. The highest BCUT2D eigenvalue weighted by atomic mass is 35.5. The molecule has 0 unspecified atom stereocenters. The van der Waals surface area contributed by atoms with E-state index in [1.807, 2.05) is 0 Å². The first-order chi connectivity index (χ1) is 6.59. The van der Waals surface area contributed by atoms with Crippen LogP contribution in [-0.4, -0.2) is 10.5 Å². The molecular formula is C10H12Cl2O2. The maximum Gasteiger partial charge on any atom is 0.225 e. The summed E-state index contributed by atoms with van der Waals surface area (Å²) in [5.74, 6) is 0.528. The summed E-state index contributed by atoms with van der Waals surface area (Å²) >= 11 is 11.0. The summed E-state index contributed by atoms with van der Waals surface area (Å²) < 4.78 is 0. The van der Waals surface area contributed by atoms with E-state index in [1.54, 1.807) is 0 Å². The third-order valence-electron chi connectivity index (χ3n) is 3.74. The van der Waals surface area contributed by atoms with Gasteiger partial charge in [-0.2, -0.15) is 0 Å². The molecule has 3 saturated carbocycles. The van der Waals surface area contributed by atoms with Crippen LogP contribution >= 0.6 is 23.2 Å². The fraction of sp³-hybridized carbons (Fsp3) is 0.800. The number of carbonyl (C=O) groups is 2. The van der Waals surface area contributed by atoms with Gasteiger partial charge in [0.05, 0.1) is 0 Å². The molecular weight excluding hydrogens is 223 g/mol. The summed E-state index contributed by atoms with van der Waals surface area (Å²) in [7, 11) is 0. The van der Waals surface area contributed by atoms with Gasteiger partial charge in [0.2, 0.25) is 10.5 Å². The van der Waals surface area contributed by atoms with Gasteiger partial charge in [-0.15, -0.1) is 0 Å². The van der Waals surface area contributed by atoms with Crippen molar-refractivity contribution >= 4 is 33.7 Å². The molecule has 0 aromatic carbocycles. The molecule has 0 saturated heterocycles. The number of hydrogen-bond acceptors (Lipinski definition) is 2. The Hall–Kier alpha value is -0.0800. The summed E-state index contributed by atoms with van der Waals surface area (Å²) in [5.41, 5.74) is 0. The molecule has 0 aromatic rings. The van der Waals surface area contributed by atoms with Gasteiger partial charge in [-0.3, -0.25) is 9.59 Å². The zero-order valence-corrected chi connectivity index (χ0v) is 9.22. The van der Waals surface area contributed by atoms with E-state index in [1.165, 1.54) is 0 Å². The van der Waals surface area contributed by atoms with Crippen LogP contribution in [0.1, 0.15) is 25.7 Å². The second-order valence-corrected chi connectivity index (χ2v) is 5.14. The van der Waals surface area contributed by atoms with Crippen molar-refractivity contribution in [3.05, 3.63) is 0 Å². The Morgan fingerprint density at radius 2 is 1.21 bits per heavy atom. The minimum Gasteiger partial charge on any atom is -0.281 e. The first kappa shape index (κ1) is 10.4. The molecule has 0 aromatic heterocycles. The highest BCUT2D eigenvalue weighted by Gasteiger charge is 2.46. The number of halogens is 2. The lowest BCUT2D eigenvalue weighted by Crippen LogP contribution is -2.41. The van der Waals surface area contributed by atoms with Gasteiger partial charge in [-0.25, -0.2) is 0 Å². The average Bonchev–Trinajstić information content (AvgIpc) is 2.18. The molecule has 0 amide bonds. The predicted octanol–water partition coefficient (Wildman–Crippen LogP) is 2.57. The van der Waals surface area contributed by atoms with Gasteiger partial charge in [0, 0.05) is 11.8 Å². The second-order valence-electron chi connectivity index (χ2n) is 4.39. The molecule has 14 heavy (non-hydrogen) atoms. The minimum atomic E-state index is -0.236. The topological polar surface area (TPSA) is 34.1 Å². The van der Waals surface area contributed by atoms with Crippen molar-refractivity contribution in [2.45, 2.75) is 25.7 Å². The SMILES string of the molecule is O=C(Cl)[C@H]1C[C@@H]2CC[C@H]1C[C@@H]2C(=O)Cl. The fourth-order valence-electron chi connectivity index (χ4n) is 2.99. The van der Waals surface area contributed by atoms with E-state index in [2.05, 4.69) is 0 Å². The van der Waals surface area contributed by atoms with Crippen molar-refractivity contribution < 1.29 is 9.59 Å². The van der Waals surface area contributed by atoms with Gasteiger partial charge in [-0.1, -0.05) is 0 Å². The van der Waals surface area contributed by atoms with Crippen molar-refractivity contribution in [3.8, 4) is 0 Å². The normalized spacial score (nSPS) is 41.0. The Labute approximate surface area is 92.9 Å². The molecule has 4 atom stereocenters. The Morgan fingerprint density at radius 1 is 0.857 bits per heavy atom. The largest absolute Gasteiger partial charge is 0.281 e. The summed E-state index contributed by atoms with van der Waals surface area (Å²) in [5, 5.41) is -0.472. The van der Waals surface area contributed by atoms with Crippen LogP contribution in [0, 0.1) is 23.7 Å². The molecule has 2 bridgehead atoms. The Morgan fingerprint density at radius 3 is 1.43 bits per heavy atom. The van der Waals surface area contributed by atoms with E-state index in [0.717, 1.165) is 25.7 Å². The van der Waals surface area contributed by atoms with Crippen LogP contribution in [0.5, 0.6) is 0 Å². The van der Waals surface area contributed by atoms with Crippen molar-refractivity contribution in [1.82, 2.24) is 0 Å². The van der Waals surface area contributed by atoms with E-state index in [0.29, 0.717) is 0 Å². The lowest BCUT2D eigenvalue weighted by molar-refractivity contribution is -0.128. The van der Waals surface area contributed by atoms with Crippen LogP contribution < -0.4 is 0 Å². The molecule has 2 nitrogen and oxygen atoms in total. The first-order valence-corrected chi connectivity index (χ1v) is 5.74. The van der Waals surface area contributed by atoms with Crippen LogP contribution in [0.2, 0.25) is 0 Å². The van der Waals surface area contributed by atoms with Gasteiger partial charge in [-0.05, 0) is 60.7 Å². The van der Waals surface area contributed by atoms with E-state index in [9.17, 15) is 9.59 Å². The van der Waals surface area contributed by atoms with Crippen molar-refractivity contribution in [1.29, 1.82) is 0 Å². The van der Waals surface area contributed by atoms with Gasteiger partial charge >= 0.3 is 0 Å². The molecule has 78 valence electrons. The van der Waals surface area contributed by atoms with E-state index < -0.39 is 0 Å². The minimum absolute atomic E-state index is 0.0253. The van der Waals surface area contributed by atoms with Crippen molar-refractivity contribution in [2.24, 2.45) is 23.7 Å². The summed E-state index contributed by atoms with van der Waals surface area (Å²) in [6, 6.07) is 0. The molecule has 0 radical (unpaired) electrons. The number of hydrogen-bond donors (Lipinski definition) is 0. The lowest BCUT2D eigenvalue weighted by atomic mass is 9.60. The van der Waals surface area contributed by atoms with E-state index in [4.69, 9.17) is 23.2 Å². The van der Waals surface area contributed by atoms with Crippen LogP contribution in [0.25, 0.3) is 0 Å². The van der Waals surface area contributed by atoms with Gasteiger partial charge < -0.3 is 0 Å². The third-order valence-corrected chi connectivity index (χ3v) is 4.30. The number of carbonyl (C=O) groups excluding carboxylic acids is 2. The van der Waals surface area contributed by atoms with E-state index >= 15 is 0 Å². The van der Waals surface area contributed by atoms with Crippen LogP contribution in [-0.2, 0) is 9.59 Å². The standard InChI is InChI=1S/C10H12Cl2O2/c11-9(13)7-4-6-2-1-5(7)3-8(6)10(12)14/h5-8H,1-4H2/t5-,6-,7-,8-/m0/s1. The summed E-state index contributed by atoms with van der Waals surface area (Å²) in [4.78, 5) is 22.2. The average molecular weight is 235 g/mol. The highest BCUT2D eigenvalue weighted by Crippen LogP contribution is 2.49. The van der Waals surface area contributed by atoms with Gasteiger partial charge in [0.25, 0.3) is 0 Å². The highest BCUT2D eigenvalue weighted by molar-refractivity contribution is 6.64. The molecule has 0 spiro atoms. The molecule has 3 rings (SSSR count). The molecule has 3 aliphatic rings. The third kappa shape index (κ3) is 1.70. The molecule has 3 fully saturated rings. The first-order valence-electron chi connectivity index (χ1n) is 4.98. The predicted molar refractivity (Wildman–Crippen MR) is 54.1 cm³/mol. The molecule has 4 heteroatoms. The molecule has 0 heterocycles. The zero-order valence-electron chi connectivity index (χ0n) is 7.71. The Bertz CT molecular complexity index is 249. The molecule has 0 aliphatic heterocycles. The second kappa shape index (κ2) is 3.82. The summed E-state index contributed by atoms with van der Waals surface area (Å²) in [6.45, 7) is 0. The van der Waals surface area contributed by atoms with Crippen molar-refractivity contribution in [2.75, 3.05) is 0 Å². The summed E-state index contributed by atoms with van der Waals surface area (Å²) in [6.07, 6.45) is 3.56. The van der Waals surface area contributed by atoms with Crippen LogP contribution in [0.4, 0.5) is 0 Å². The van der Waals surface area contributed by atoms with Crippen molar-refractivity contribution in [3.63, 3.8) is 0 Å². The monoisotopic (exact) mass is 234 g/mol. The van der Waals surface area contributed by atoms with Crippen LogP contribution in [0.3, 0.4) is 0 Å². The Kier molecular flexibility index (Phi) is 2.85. The quantitative estimate of drug-likeness (QED) is 0.689. The maximum absolute atomic E-state index is 11.1. The molecule has 3 aliphatic carbocycles. The Balaban J connectivity index is 2.12. The fourth-order valence-corrected chi connectivity index (χ4v) is 3.52. The number of fused-ring (bicyclic) bond motifs is 3. The zero-order chi connectivity index (χ0) is 10.3. The van der Waals surface area contributed by atoms with Gasteiger partial charge in [0.15, 0.2) is 0 Å². The van der Waals surface area contributed by atoms with Crippen LogP contribution in [0.15, 0.2) is 0 Å². The lowest BCUT2D eigenvalue weighted by Gasteiger charge is -2.44. The van der Waals surface area contributed by atoms with E-state index in [-0.39, 0.29) is 34.2 Å². The van der Waals surface area contributed by atoms with Gasteiger partial charge in [0.1, 0.15) is 0 Å². The maximum atomic E-state index is 11.1. The number of rotatable bonds is 2. The molecule has 0 N–H and O–H groups in total.